The normalized spacial score (nSPS) is 17.8. The van der Waals surface area contributed by atoms with Crippen LogP contribution in [-0.2, 0) is 6.42 Å². The summed E-state index contributed by atoms with van der Waals surface area (Å²) in [5.41, 5.74) is 1.41. The fraction of sp³-hybridized carbons (Fsp3) is 0.368. The lowest BCUT2D eigenvalue weighted by Crippen LogP contribution is -2.40. The van der Waals surface area contributed by atoms with Crippen molar-refractivity contribution in [2.45, 2.75) is 25.7 Å². The largest absolute Gasteiger partial charge is 0.338 e. The highest BCUT2D eigenvalue weighted by Crippen LogP contribution is 2.23. The van der Waals surface area contributed by atoms with Crippen LogP contribution in [0.2, 0.25) is 0 Å². The molecule has 1 aliphatic rings. The van der Waals surface area contributed by atoms with Crippen LogP contribution in [0.15, 0.2) is 42.7 Å². The number of carbonyl (C=O) groups is 1. The minimum absolute atomic E-state index is 0.0145. The van der Waals surface area contributed by atoms with E-state index in [4.69, 9.17) is 0 Å². The Morgan fingerprint density at radius 1 is 1.25 bits per heavy atom. The van der Waals surface area contributed by atoms with Gasteiger partial charge in [0.2, 0.25) is 0 Å². The topological polar surface area (TPSA) is 33.2 Å². The van der Waals surface area contributed by atoms with Gasteiger partial charge in [-0.15, -0.1) is 0 Å². The molecule has 1 aliphatic heterocycles. The standard InChI is InChI=1S/C19H20F2N2O/c20-17-8-7-14(11-18(17)21)5-6-15-3-2-10-23(13-15)19(24)16-4-1-9-22-12-16/h1,4,7-9,11-12,15H,2-3,5-6,10,13H2/t15-/m1/s1. The molecule has 0 spiro atoms. The number of aryl methyl sites for hydroxylation is 1. The average Bonchev–Trinajstić information content (AvgIpc) is 2.63. The third kappa shape index (κ3) is 3.96. The first-order valence-electron chi connectivity index (χ1n) is 8.26. The van der Waals surface area contributed by atoms with Crippen LogP contribution in [0, 0.1) is 17.6 Å². The van der Waals surface area contributed by atoms with Gasteiger partial charge in [-0.05, 0) is 61.4 Å². The Labute approximate surface area is 140 Å². The molecule has 3 rings (SSSR count). The van der Waals surface area contributed by atoms with Crippen LogP contribution >= 0.6 is 0 Å². The van der Waals surface area contributed by atoms with Crippen molar-refractivity contribution in [2.24, 2.45) is 5.92 Å². The Bertz CT molecular complexity index is 706. The second kappa shape index (κ2) is 7.51. The third-order valence-electron chi connectivity index (χ3n) is 4.54. The van der Waals surface area contributed by atoms with Crippen LogP contribution in [0.25, 0.3) is 0 Å². The summed E-state index contributed by atoms with van der Waals surface area (Å²) in [4.78, 5) is 18.4. The van der Waals surface area contributed by atoms with Gasteiger partial charge in [0.15, 0.2) is 11.6 Å². The summed E-state index contributed by atoms with van der Waals surface area (Å²) in [5, 5.41) is 0. The number of carbonyl (C=O) groups excluding carboxylic acids is 1. The minimum atomic E-state index is -0.815. The highest BCUT2D eigenvalue weighted by Gasteiger charge is 2.24. The fourth-order valence-electron chi connectivity index (χ4n) is 3.22. The molecule has 3 nitrogen and oxygen atoms in total. The number of pyridine rings is 1. The zero-order valence-corrected chi connectivity index (χ0v) is 13.4. The first-order valence-corrected chi connectivity index (χ1v) is 8.26. The molecule has 0 saturated carbocycles. The van der Waals surface area contributed by atoms with E-state index in [-0.39, 0.29) is 5.91 Å². The number of benzene rings is 1. The number of rotatable bonds is 4. The summed E-state index contributed by atoms with van der Waals surface area (Å²) in [5.74, 6) is -1.22. The smallest absolute Gasteiger partial charge is 0.255 e. The van der Waals surface area contributed by atoms with Crippen LogP contribution in [0.3, 0.4) is 0 Å². The Kier molecular flexibility index (Phi) is 5.18. The quantitative estimate of drug-likeness (QED) is 0.853. The lowest BCUT2D eigenvalue weighted by Gasteiger charge is -2.33. The SMILES string of the molecule is O=C(c1cccnc1)N1CCC[C@H](CCc2ccc(F)c(F)c2)C1. The summed E-state index contributed by atoms with van der Waals surface area (Å²) in [6.45, 7) is 1.47. The molecule has 1 aromatic heterocycles. The second-order valence-electron chi connectivity index (χ2n) is 6.29. The highest BCUT2D eigenvalue weighted by molar-refractivity contribution is 5.93. The maximum absolute atomic E-state index is 13.3. The molecule has 1 aromatic carbocycles. The molecule has 0 aliphatic carbocycles. The van der Waals surface area contributed by atoms with Crippen molar-refractivity contribution in [1.29, 1.82) is 0 Å². The van der Waals surface area contributed by atoms with Gasteiger partial charge >= 0.3 is 0 Å². The summed E-state index contributed by atoms with van der Waals surface area (Å²) >= 11 is 0. The van der Waals surface area contributed by atoms with Crippen molar-refractivity contribution in [1.82, 2.24) is 9.88 Å². The van der Waals surface area contributed by atoms with E-state index in [0.717, 1.165) is 31.4 Å². The van der Waals surface area contributed by atoms with Gasteiger partial charge in [-0.1, -0.05) is 6.07 Å². The molecule has 1 fully saturated rings. The van der Waals surface area contributed by atoms with E-state index in [1.165, 1.54) is 12.1 Å². The van der Waals surface area contributed by atoms with Gasteiger partial charge in [-0.3, -0.25) is 9.78 Å². The molecular weight excluding hydrogens is 310 g/mol. The number of aromatic nitrogens is 1. The summed E-state index contributed by atoms with van der Waals surface area (Å²) < 4.78 is 26.2. The van der Waals surface area contributed by atoms with Crippen molar-refractivity contribution in [2.75, 3.05) is 13.1 Å². The number of hydrogen-bond donors (Lipinski definition) is 0. The number of piperidine rings is 1. The number of halogens is 2. The molecule has 0 unspecified atom stereocenters. The molecule has 2 heterocycles. The van der Waals surface area contributed by atoms with Gasteiger partial charge in [0.25, 0.3) is 5.91 Å². The number of hydrogen-bond acceptors (Lipinski definition) is 2. The van der Waals surface area contributed by atoms with Crippen molar-refractivity contribution < 1.29 is 13.6 Å². The molecule has 126 valence electrons. The maximum Gasteiger partial charge on any atom is 0.255 e. The molecule has 0 radical (unpaired) electrons. The van der Waals surface area contributed by atoms with Crippen molar-refractivity contribution >= 4 is 5.91 Å². The van der Waals surface area contributed by atoms with Gasteiger partial charge in [-0.2, -0.15) is 0 Å². The fourth-order valence-corrected chi connectivity index (χ4v) is 3.22. The van der Waals surface area contributed by atoms with Crippen molar-refractivity contribution in [3.8, 4) is 0 Å². The third-order valence-corrected chi connectivity index (χ3v) is 4.54. The molecule has 0 N–H and O–H groups in total. The highest BCUT2D eigenvalue weighted by atomic mass is 19.2. The van der Waals surface area contributed by atoms with Gasteiger partial charge in [-0.25, -0.2) is 8.78 Å². The van der Waals surface area contributed by atoms with E-state index >= 15 is 0 Å². The Balaban J connectivity index is 1.57. The van der Waals surface area contributed by atoms with E-state index in [1.807, 2.05) is 4.90 Å². The minimum Gasteiger partial charge on any atom is -0.338 e. The molecule has 5 heteroatoms. The molecule has 1 saturated heterocycles. The zero-order valence-electron chi connectivity index (χ0n) is 13.4. The predicted molar refractivity (Wildman–Crippen MR) is 87.5 cm³/mol. The Morgan fingerprint density at radius 2 is 2.12 bits per heavy atom. The van der Waals surface area contributed by atoms with Gasteiger partial charge in [0.05, 0.1) is 5.56 Å². The van der Waals surface area contributed by atoms with Gasteiger partial charge < -0.3 is 4.90 Å². The molecule has 2 aromatic rings. The summed E-state index contributed by atoms with van der Waals surface area (Å²) in [6.07, 6.45) is 6.82. The van der Waals surface area contributed by atoms with Crippen LogP contribution in [0.4, 0.5) is 8.78 Å². The van der Waals surface area contributed by atoms with Gasteiger partial charge in [0.1, 0.15) is 0 Å². The summed E-state index contributed by atoms with van der Waals surface area (Å²) in [6, 6.07) is 7.60. The van der Waals surface area contributed by atoms with Crippen molar-refractivity contribution in [3.05, 3.63) is 65.5 Å². The molecule has 1 amide bonds. The van der Waals surface area contributed by atoms with Crippen LogP contribution in [0.1, 0.15) is 35.2 Å². The van der Waals surface area contributed by atoms with E-state index in [0.29, 0.717) is 24.4 Å². The Hall–Kier alpha value is -2.30. The predicted octanol–water partition coefficient (Wildman–Crippen LogP) is 3.84. The van der Waals surface area contributed by atoms with E-state index < -0.39 is 11.6 Å². The second-order valence-corrected chi connectivity index (χ2v) is 6.29. The van der Waals surface area contributed by atoms with Crippen LogP contribution < -0.4 is 0 Å². The molecular formula is C19H20F2N2O. The van der Waals surface area contributed by atoms with Crippen LogP contribution in [-0.4, -0.2) is 28.9 Å². The lowest BCUT2D eigenvalue weighted by molar-refractivity contribution is 0.0668. The van der Waals surface area contributed by atoms with Gasteiger partial charge in [0, 0.05) is 25.5 Å². The van der Waals surface area contributed by atoms with Crippen molar-refractivity contribution in [3.63, 3.8) is 0 Å². The first kappa shape index (κ1) is 16.6. The molecule has 1 atom stereocenters. The number of likely N-dealkylation sites (tertiary alicyclic amines) is 1. The van der Waals surface area contributed by atoms with E-state index in [2.05, 4.69) is 4.98 Å². The maximum atomic E-state index is 13.3. The summed E-state index contributed by atoms with van der Waals surface area (Å²) in [7, 11) is 0. The molecule has 0 bridgehead atoms. The van der Waals surface area contributed by atoms with E-state index in [1.54, 1.807) is 30.6 Å². The zero-order chi connectivity index (χ0) is 16.9. The first-order chi connectivity index (χ1) is 11.6. The lowest BCUT2D eigenvalue weighted by atomic mass is 9.91. The number of amides is 1. The molecule has 24 heavy (non-hydrogen) atoms. The Morgan fingerprint density at radius 3 is 2.88 bits per heavy atom. The number of nitrogens with zero attached hydrogens (tertiary/aromatic N) is 2. The van der Waals surface area contributed by atoms with Crippen LogP contribution in [0.5, 0.6) is 0 Å². The van der Waals surface area contributed by atoms with E-state index in [9.17, 15) is 13.6 Å². The monoisotopic (exact) mass is 330 g/mol. The average molecular weight is 330 g/mol.